The molecule has 0 aromatic heterocycles. The highest BCUT2D eigenvalue weighted by Gasteiger charge is 2.36. The summed E-state index contributed by atoms with van der Waals surface area (Å²) in [6, 6.07) is 11.5. The molecule has 10 nitrogen and oxygen atoms in total. The molecule has 0 unspecified atom stereocenters. The molecule has 2 aromatic carbocycles. The molecule has 0 radical (unpaired) electrons. The van der Waals surface area contributed by atoms with Gasteiger partial charge in [-0.1, -0.05) is 12.1 Å². The maximum absolute atomic E-state index is 12.7. The molecule has 0 atom stereocenters. The molecular weight excluding hydrogens is 450 g/mol. The molecule has 4 rings (SSSR count). The number of thioether (sulfide) groups is 1. The van der Waals surface area contributed by atoms with Gasteiger partial charge in [-0.15, -0.1) is 0 Å². The third-order valence-corrected chi connectivity index (χ3v) is 5.47. The van der Waals surface area contributed by atoms with Crippen molar-refractivity contribution in [1.29, 1.82) is 0 Å². The predicted molar refractivity (Wildman–Crippen MR) is 120 cm³/mol. The summed E-state index contributed by atoms with van der Waals surface area (Å²) in [5.74, 6) is -0.134. The number of primary amides is 1. The average molecular weight is 469 g/mol. The van der Waals surface area contributed by atoms with Crippen LogP contribution < -0.4 is 25.3 Å². The van der Waals surface area contributed by atoms with E-state index >= 15 is 0 Å². The standard InChI is InChI=1S/C22H19N3O7S/c23-19(26)12-32-15-4-1-13(2-5-15)9-18-21(28)25(22(29)33-18)11-20(27)24-14-3-6-16-17(10-14)31-8-7-30-16/h1-6,9-10H,7-8,11-12H2,(H2,23,26)(H,24,27)/b18-9-. The minimum atomic E-state index is -0.592. The number of benzene rings is 2. The molecule has 3 N–H and O–H groups in total. The zero-order valence-electron chi connectivity index (χ0n) is 17.2. The summed E-state index contributed by atoms with van der Waals surface area (Å²) in [7, 11) is 0. The first-order chi connectivity index (χ1) is 15.9. The van der Waals surface area contributed by atoms with E-state index in [-0.39, 0.29) is 11.5 Å². The van der Waals surface area contributed by atoms with Gasteiger partial charge < -0.3 is 25.3 Å². The lowest BCUT2D eigenvalue weighted by molar-refractivity contribution is -0.127. The van der Waals surface area contributed by atoms with Crippen LogP contribution in [0.3, 0.4) is 0 Å². The van der Waals surface area contributed by atoms with Crippen LogP contribution in [0.5, 0.6) is 17.2 Å². The van der Waals surface area contributed by atoms with E-state index in [0.29, 0.717) is 41.7 Å². The number of hydrogen-bond donors (Lipinski definition) is 2. The van der Waals surface area contributed by atoms with Gasteiger partial charge in [-0.25, -0.2) is 0 Å². The van der Waals surface area contributed by atoms with E-state index in [9.17, 15) is 19.2 Å². The number of anilines is 1. The van der Waals surface area contributed by atoms with Crippen molar-refractivity contribution in [2.45, 2.75) is 0 Å². The Morgan fingerprint density at radius 3 is 2.55 bits per heavy atom. The maximum atomic E-state index is 12.7. The summed E-state index contributed by atoms with van der Waals surface area (Å²) in [4.78, 5) is 49.3. The van der Waals surface area contributed by atoms with Crippen LogP contribution >= 0.6 is 11.8 Å². The van der Waals surface area contributed by atoms with Gasteiger partial charge in [-0.3, -0.25) is 24.1 Å². The molecule has 0 saturated carbocycles. The molecule has 0 bridgehead atoms. The van der Waals surface area contributed by atoms with E-state index in [1.165, 1.54) is 0 Å². The second-order valence-electron chi connectivity index (χ2n) is 7.00. The molecule has 1 fully saturated rings. The van der Waals surface area contributed by atoms with Gasteiger partial charge in [0.25, 0.3) is 17.1 Å². The predicted octanol–water partition coefficient (Wildman–Crippen LogP) is 2.00. The molecule has 0 aliphatic carbocycles. The molecule has 0 spiro atoms. The van der Waals surface area contributed by atoms with Crippen molar-refractivity contribution in [1.82, 2.24) is 4.90 Å². The van der Waals surface area contributed by atoms with Crippen LogP contribution in [0, 0.1) is 0 Å². The number of imide groups is 1. The zero-order chi connectivity index (χ0) is 23.4. The van der Waals surface area contributed by atoms with Crippen LogP contribution in [0.15, 0.2) is 47.4 Å². The third-order valence-electron chi connectivity index (χ3n) is 4.56. The Morgan fingerprint density at radius 1 is 1.09 bits per heavy atom. The fourth-order valence-corrected chi connectivity index (χ4v) is 3.91. The van der Waals surface area contributed by atoms with Crippen molar-refractivity contribution >= 4 is 46.5 Å². The second-order valence-corrected chi connectivity index (χ2v) is 7.99. The third kappa shape index (κ3) is 5.44. The second kappa shape index (κ2) is 9.65. The first kappa shape index (κ1) is 22.2. The first-order valence-electron chi connectivity index (χ1n) is 9.85. The fraction of sp³-hybridized carbons (Fsp3) is 0.182. The maximum Gasteiger partial charge on any atom is 0.294 e. The molecule has 4 amide bonds. The summed E-state index contributed by atoms with van der Waals surface area (Å²) < 4.78 is 16.1. The van der Waals surface area contributed by atoms with E-state index in [4.69, 9.17) is 19.9 Å². The Hall–Kier alpha value is -3.99. The number of rotatable bonds is 7. The lowest BCUT2D eigenvalue weighted by atomic mass is 10.2. The largest absolute Gasteiger partial charge is 0.486 e. The van der Waals surface area contributed by atoms with Crippen LogP contribution in [0.2, 0.25) is 0 Å². The summed E-state index contributed by atoms with van der Waals surface area (Å²) in [5.41, 5.74) is 6.14. The van der Waals surface area contributed by atoms with Crippen molar-refractivity contribution in [2.75, 3.05) is 31.7 Å². The number of fused-ring (bicyclic) bond motifs is 1. The Labute approximate surface area is 192 Å². The van der Waals surface area contributed by atoms with Crippen LogP contribution in [0.1, 0.15) is 5.56 Å². The van der Waals surface area contributed by atoms with Gasteiger partial charge in [-0.05, 0) is 47.7 Å². The monoisotopic (exact) mass is 469 g/mol. The number of amides is 4. The van der Waals surface area contributed by atoms with Gasteiger partial charge in [0.2, 0.25) is 5.91 Å². The van der Waals surface area contributed by atoms with Crippen LogP contribution in [-0.2, 0) is 14.4 Å². The van der Waals surface area contributed by atoms with E-state index in [2.05, 4.69) is 5.32 Å². The zero-order valence-corrected chi connectivity index (χ0v) is 18.1. The van der Waals surface area contributed by atoms with Crippen molar-refractivity contribution in [3.05, 3.63) is 52.9 Å². The van der Waals surface area contributed by atoms with Gasteiger partial charge >= 0.3 is 0 Å². The summed E-state index contributed by atoms with van der Waals surface area (Å²) in [6.07, 6.45) is 1.54. The molecule has 170 valence electrons. The topological polar surface area (TPSA) is 137 Å². The minimum Gasteiger partial charge on any atom is -0.486 e. The number of nitrogens with zero attached hydrogens (tertiary/aromatic N) is 1. The van der Waals surface area contributed by atoms with Gasteiger partial charge in [0.05, 0.1) is 4.91 Å². The lowest BCUT2D eigenvalue weighted by Gasteiger charge is -2.19. The average Bonchev–Trinajstić information content (AvgIpc) is 3.05. The number of carbonyl (C=O) groups is 4. The molecule has 2 heterocycles. The Morgan fingerprint density at radius 2 is 1.82 bits per heavy atom. The molecule has 2 aliphatic heterocycles. The van der Waals surface area contributed by atoms with Crippen LogP contribution in [0.25, 0.3) is 6.08 Å². The van der Waals surface area contributed by atoms with Gasteiger partial charge in [0, 0.05) is 11.8 Å². The smallest absolute Gasteiger partial charge is 0.294 e. The highest BCUT2D eigenvalue weighted by Crippen LogP contribution is 2.34. The number of hydrogen-bond acceptors (Lipinski definition) is 8. The Kier molecular flexibility index (Phi) is 6.50. The normalized spacial score (nSPS) is 16.1. The van der Waals surface area contributed by atoms with E-state index < -0.39 is 29.5 Å². The van der Waals surface area contributed by atoms with Crippen LogP contribution in [-0.4, -0.2) is 54.2 Å². The lowest BCUT2D eigenvalue weighted by Crippen LogP contribution is -2.36. The number of nitrogens with two attached hydrogens (primary N) is 1. The van der Waals surface area contributed by atoms with Gasteiger partial charge in [0.15, 0.2) is 18.1 Å². The molecular formula is C22H19N3O7S. The SMILES string of the molecule is NC(=O)COc1ccc(/C=C2\SC(=O)N(CC(=O)Nc3ccc4c(c3)OCCO4)C2=O)cc1. The van der Waals surface area contributed by atoms with E-state index in [1.54, 1.807) is 48.5 Å². The van der Waals surface area contributed by atoms with Crippen molar-refractivity contribution in [3.8, 4) is 17.2 Å². The molecule has 1 saturated heterocycles. The molecule has 11 heteroatoms. The molecule has 2 aliphatic rings. The number of ether oxygens (including phenoxy) is 3. The van der Waals surface area contributed by atoms with Gasteiger partial charge in [0.1, 0.15) is 25.5 Å². The molecule has 33 heavy (non-hydrogen) atoms. The molecule has 2 aromatic rings. The van der Waals surface area contributed by atoms with E-state index in [1.807, 2.05) is 0 Å². The van der Waals surface area contributed by atoms with Crippen molar-refractivity contribution in [2.24, 2.45) is 5.73 Å². The minimum absolute atomic E-state index is 0.193. The number of carbonyl (C=O) groups excluding carboxylic acids is 4. The summed E-state index contributed by atoms with van der Waals surface area (Å²) in [6.45, 7) is 0.207. The van der Waals surface area contributed by atoms with Crippen LogP contribution in [0.4, 0.5) is 10.5 Å². The fourth-order valence-electron chi connectivity index (χ4n) is 3.07. The highest BCUT2D eigenvalue weighted by atomic mass is 32.2. The summed E-state index contributed by atoms with van der Waals surface area (Å²) >= 11 is 0.751. The van der Waals surface area contributed by atoms with Crippen molar-refractivity contribution in [3.63, 3.8) is 0 Å². The van der Waals surface area contributed by atoms with E-state index in [0.717, 1.165) is 16.7 Å². The highest BCUT2D eigenvalue weighted by molar-refractivity contribution is 8.18. The first-order valence-corrected chi connectivity index (χ1v) is 10.7. The summed E-state index contributed by atoms with van der Waals surface area (Å²) in [5, 5.41) is 2.12. The quantitative estimate of drug-likeness (QED) is 0.588. The Bertz CT molecular complexity index is 1150. The van der Waals surface area contributed by atoms with Crippen molar-refractivity contribution < 1.29 is 33.4 Å². The number of nitrogens with one attached hydrogen (secondary N) is 1. The Balaban J connectivity index is 1.37. The van der Waals surface area contributed by atoms with Gasteiger partial charge in [-0.2, -0.15) is 0 Å².